The van der Waals surface area contributed by atoms with Gasteiger partial charge in [-0.2, -0.15) is 22.8 Å². The number of imide groups is 2. The number of alkyl halides is 3. The van der Waals surface area contributed by atoms with E-state index in [-0.39, 0.29) is 59.5 Å². The SMILES string of the molecule is CC1CCC2(CC1)COc1cc(C(F)(F)F)ccc12.Cc1ccc2c(c1)OCC21CCC(CC(=O)N2C(=O)OC[C@H]2c2ccccc2)CC1.Cc1ccc2c(c1)OCC21CCC(CC(=O)N2C(=O)OC[C@H]2c2ccccc2)CC1.O=C=O. The van der Waals surface area contributed by atoms with Crippen molar-refractivity contribution >= 4 is 30.2 Å². The first-order valence-electron chi connectivity index (χ1n) is 28.8. The lowest BCUT2D eigenvalue weighted by molar-refractivity contribution is -0.191. The van der Waals surface area contributed by atoms with Gasteiger partial charge in [-0.25, -0.2) is 19.4 Å². The summed E-state index contributed by atoms with van der Waals surface area (Å²) in [4.78, 5) is 69.6. The van der Waals surface area contributed by atoms with Gasteiger partial charge in [0.15, 0.2) is 0 Å². The topological polar surface area (TPSA) is 155 Å². The van der Waals surface area contributed by atoms with Crippen LogP contribution in [-0.2, 0) is 51.1 Å². The Balaban J connectivity index is 0.000000138. The van der Waals surface area contributed by atoms with Crippen molar-refractivity contribution in [3.63, 3.8) is 0 Å². The third kappa shape index (κ3) is 12.1. The van der Waals surface area contributed by atoms with E-state index in [2.05, 4.69) is 57.2 Å². The summed E-state index contributed by atoms with van der Waals surface area (Å²) in [6.07, 6.45) is 7.99. The molecule has 0 aromatic heterocycles. The maximum atomic E-state index is 13.1. The van der Waals surface area contributed by atoms with Gasteiger partial charge in [0.1, 0.15) is 42.5 Å². The van der Waals surface area contributed by atoms with E-state index in [0.29, 0.717) is 43.0 Å². The Morgan fingerprint density at radius 2 is 0.878 bits per heavy atom. The number of ether oxygens (including phenoxy) is 5. The summed E-state index contributed by atoms with van der Waals surface area (Å²) in [5.74, 6) is 3.54. The van der Waals surface area contributed by atoms with E-state index >= 15 is 0 Å². The number of fused-ring (bicyclic) bond motifs is 6. The molecule has 0 N–H and O–H groups in total. The highest BCUT2D eigenvalue weighted by Gasteiger charge is 2.48. The third-order valence-electron chi connectivity index (χ3n) is 18.7. The number of cyclic esters (lactones) is 2. The molecule has 5 aliphatic heterocycles. The Labute approximate surface area is 476 Å². The van der Waals surface area contributed by atoms with Crippen molar-refractivity contribution in [3.05, 3.63) is 160 Å². The molecule has 2 atom stereocenters. The molecule has 3 aliphatic carbocycles. The van der Waals surface area contributed by atoms with Crippen LogP contribution in [0.2, 0.25) is 0 Å². The van der Waals surface area contributed by atoms with Crippen molar-refractivity contribution < 1.29 is 65.6 Å². The smallest absolute Gasteiger partial charge is 0.417 e. The van der Waals surface area contributed by atoms with Gasteiger partial charge in [-0.1, -0.05) is 97.9 Å². The summed E-state index contributed by atoms with van der Waals surface area (Å²) in [6, 6.07) is 35.6. The molecule has 4 amide bonds. The highest BCUT2D eigenvalue weighted by atomic mass is 19.4. The first-order valence-corrected chi connectivity index (χ1v) is 28.8. The molecule has 0 bridgehead atoms. The standard InChI is InChI=1S/2C25H27NO4.C15H17F3O.CO2/c2*1-17-7-8-20-22(13-17)30-16-25(20)11-9-18(10-12-25)14-23(27)26-21(15-29-24(26)28)19-5-3-2-4-6-19;1-10-4-6-14(7-5-10)9-19-13-8-11(15(16,17)18)2-3-12(13)14;2-1-3/h2*2-8,13,18,21H,9-12,14-16H2,1H3;2-3,8,10H,4-7,9H2,1H3;/t2*18?,21-,25?;;/m00../s1. The second-order valence-corrected chi connectivity index (χ2v) is 24.0. The van der Waals surface area contributed by atoms with Gasteiger partial charge in [0.25, 0.3) is 0 Å². The van der Waals surface area contributed by atoms with E-state index in [9.17, 15) is 32.3 Å². The van der Waals surface area contributed by atoms with Gasteiger partial charge >= 0.3 is 24.5 Å². The van der Waals surface area contributed by atoms with Crippen LogP contribution >= 0.6 is 0 Å². The van der Waals surface area contributed by atoms with Crippen molar-refractivity contribution in [3.8, 4) is 17.2 Å². The van der Waals surface area contributed by atoms with Crippen LogP contribution in [-0.4, -0.2) is 73.0 Å². The molecule has 13 rings (SSSR count). The Kier molecular flexibility index (Phi) is 17.0. The molecular formula is C66H71F3N2O11. The first kappa shape index (κ1) is 57.8. The van der Waals surface area contributed by atoms with Crippen LogP contribution in [0.1, 0.15) is 153 Å². The summed E-state index contributed by atoms with van der Waals surface area (Å²) in [5.41, 5.74) is 7.46. The third-order valence-corrected chi connectivity index (χ3v) is 18.7. The lowest BCUT2D eigenvalue weighted by atomic mass is 9.67. The van der Waals surface area contributed by atoms with Gasteiger partial charge in [-0.3, -0.25) is 9.59 Å². The Bertz CT molecular complexity index is 3000. The van der Waals surface area contributed by atoms with Gasteiger partial charge in [0, 0.05) is 45.8 Å². The van der Waals surface area contributed by atoms with Crippen molar-refractivity contribution in [1.29, 1.82) is 0 Å². The van der Waals surface area contributed by atoms with E-state index in [1.165, 1.54) is 38.1 Å². The van der Waals surface area contributed by atoms with Crippen LogP contribution in [0.5, 0.6) is 17.2 Å². The molecule has 5 aromatic carbocycles. The predicted molar refractivity (Wildman–Crippen MR) is 296 cm³/mol. The number of rotatable bonds is 6. The minimum atomic E-state index is -4.30. The number of benzene rings is 5. The van der Waals surface area contributed by atoms with Gasteiger partial charge in [0.05, 0.1) is 25.4 Å². The molecular weight excluding hydrogens is 1050 g/mol. The van der Waals surface area contributed by atoms with E-state index < -0.39 is 23.9 Å². The fraction of sp³-hybridized carbons (Fsp3) is 0.470. The fourth-order valence-corrected chi connectivity index (χ4v) is 13.9. The van der Waals surface area contributed by atoms with Crippen LogP contribution in [0, 0.1) is 31.6 Å². The highest BCUT2D eigenvalue weighted by molar-refractivity contribution is 5.94. The lowest BCUT2D eigenvalue weighted by Gasteiger charge is -2.36. The van der Waals surface area contributed by atoms with Gasteiger partial charge in [0.2, 0.25) is 11.8 Å². The van der Waals surface area contributed by atoms with E-state index in [1.807, 2.05) is 60.7 Å². The van der Waals surface area contributed by atoms with Gasteiger partial charge in [-0.05, 0) is 155 Å². The van der Waals surface area contributed by atoms with Crippen LogP contribution < -0.4 is 14.2 Å². The number of nitrogens with zero attached hydrogens (tertiary/aromatic N) is 2. The van der Waals surface area contributed by atoms with Crippen LogP contribution in [0.4, 0.5) is 22.8 Å². The average molecular weight is 1130 g/mol. The lowest BCUT2D eigenvalue weighted by Crippen LogP contribution is -2.38. The van der Waals surface area contributed by atoms with E-state index in [0.717, 1.165) is 125 Å². The summed E-state index contributed by atoms with van der Waals surface area (Å²) in [5, 5.41) is 0. The maximum Gasteiger partial charge on any atom is 0.417 e. The molecule has 13 nitrogen and oxygen atoms in total. The second-order valence-electron chi connectivity index (χ2n) is 24.0. The molecule has 5 heterocycles. The minimum Gasteiger partial charge on any atom is -0.492 e. The Morgan fingerprint density at radius 3 is 1.26 bits per heavy atom. The number of carbonyl (C=O) groups is 4. The summed E-state index contributed by atoms with van der Waals surface area (Å²) >= 11 is 0. The number of halogens is 3. The number of aryl methyl sites for hydroxylation is 2. The van der Waals surface area contributed by atoms with E-state index in [1.54, 1.807) is 6.07 Å². The largest absolute Gasteiger partial charge is 0.492 e. The quantitative estimate of drug-likeness (QED) is 0.159. The van der Waals surface area contributed by atoms with Gasteiger partial charge in [-0.15, -0.1) is 0 Å². The molecule has 82 heavy (non-hydrogen) atoms. The Morgan fingerprint density at radius 1 is 0.524 bits per heavy atom. The van der Waals surface area contributed by atoms with Gasteiger partial charge < -0.3 is 23.7 Å². The maximum absolute atomic E-state index is 13.1. The monoisotopic (exact) mass is 1120 g/mol. The summed E-state index contributed by atoms with van der Waals surface area (Å²) in [7, 11) is 0. The zero-order valence-electron chi connectivity index (χ0n) is 46.8. The number of amides is 4. The molecule has 16 heteroatoms. The normalized spacial score (nSPS) is 27.3. The summed E-state index contributed by atoms with van der Waals surface area (Å²) in [6.45, 7) is 8.88. The minimum absolute atomic E-state index is 0.0357. The zero-order valence-corrected chi connectivity index (χ0v) is 46.8. The number of hydrogen-bond acceptors (Lipinski definition) is 11. The van der Waals surface area contributed by atoms with Crippen LogP contribution in [0.15, 0.2) is 115 Å². The second kappa shape index (κ2) is 24.2. The van der Waals surface area contributed by atoms with Crippen LogP contribution in [0.3, 0.4) is 0 Å². The van der Waals surface area contributed by atoms with Crippen molar-refractivity contribution in [2.75, 3.05) is 33.0 Å². The Hall–Kier alpha value is -7.45. The average Bonchev–Trinajstić information content (AvgIpc) is 4.49. The molecule has 3 spiro atoms. The molecule has 5 fully saturated rings. The molecule has 0 radical (unpaired) electrons. The van der Waals surface area contributed by atoms with Crippen molar-refractivity contribution in [2.45, 2.75) is 145 Å². The molecule has 2 saturated heterocycles. The molecule has 5 aromatic rings. The number of hydrogen-bond donors (Lipinski definition) is 0. The van der Waals surface area contributed by atoms with E-state index in [4.69, 9.17) is 33.3 Å². The van der Waals surface area contributed by atoms with Crippen molar-refractivity contribution in [1.82, 2.24) is 9.80 Å². The summed E-state index contributed by atoms with van der Waals surface area (Å²) < 4.78 is 66.1. The van der Waals surface area contributed by atoms with Crippen molar-refractivity contribution in [2.24, 2.45) is 17.8 Å². The number of carbonyl (C=O) groups excluding carboxylic acids is 6. The molecule has 432 valence electrons. The first-order chi connectivity index (χ1) is 39.4. The predicted octanol–water partition coefficient (Wildman–Crippen LogP) is 13.8. The zero-order chi connectivity index (χ0) is 57.8. The van der Waals surface area contributed by atoms with Crippen LogP contribution in [0.25, 0.3) is 0 Å². The fourth-order valence-electron chi connectivity index (χ4n) is 13.9. The highest BCUT2D eigenvalue weighted by Crippen LogP contribution is 2.53. The molecule has 8 aliphatic rings. The molecule has 3 saturated carbocycles. The molecule has 0 unspecified atom stereocenters.